The summed E-state index contributed by atoms with van der Waals surface area (Å²) in [6.45, 7) is 0.871. The van der Waals surface area contributed by atoms with Crippen molar-refractivity contribution in [1.82, 2.24) is 9.55 Å². The van der Waals surface area contributed by atoms with Crippen LogP contribution in [0.5, 0.6) is 0 Å². The molecule has 0 fully saturated rings. The highest BCUT2D eigenvalue weighted by molar-refractivity contribution is 5.76. The Bertz CT molecular complexity index is 744. The molecule has 106 valence electrons. The minimum Gasteiger partial charge on any atom is -0.396 e. The van der Waals surface area contributed by atoms with Crippen molar-refractivity contribution in [2.45, 2.75) is 13.0 Å². The molecule has 0 spiro atoms. The second-order valence-corrected chi connectivity index (χ2v) is 4.91. The van der Waals surface area contributed by atoms with Gasteiger partial charge in [-0.3, -0.25) is 0 Å². The number of aliphatic hydroxyl groups is 1. The van der Waals surface area contributed by atoms with Gasteiger partial charge in [-0.2, -0.15) is 0 Å². The van der Waals surface area contributed by atoms with Gasteiger partial charge in [0.15, 0.2) is 0 Å². The lowest BCUT2D eigenvalue weighted by molar-refractivity contribution is 0.295. The molecule has 0 aliphatic carbocycles. The third kappa shape index (κ3) is 3.03. The number of nitrogens with zero attached hydrogens (tertiary/aromatic N) is 2. The predicted molar refractivity (Wildman–Crippen MR) is 86.0 cm³/mol. The standard InChI is InChI=1S/C18H18N2O/c21-14-12-18-19-16-10-4-5-11-17(16)20(18)13-6-9-15-7-2-1-3-8-15/h1-11,21H,12-14H2. The van der Waals surface area contributed by atoms with Gasteiger partial charge in [0.1, 0.15) is 5.82 Å². The number of allylic oxidation sites excluding steroid dienone is 1. The van der Waals surface area contributed by atoms with Crippen molar-refractivity contribution >= 4 is 17.1 Å². The normalized spacial score (nSPS) is 11.5. The number of imidazole rings is 1. The van der Waals surface area contributed by atoms with E-state index in [0.29, 0.717) is 6.42 Å². The zero-order valence-electron chi connectivity index (χ0n) is 11.8. The van der Waals surface area contributed by atoms with Crippen molar-refractivity contribution in [3.8, 4) is 0 Å². The summed E-state index contributed by atoms with van der Waals surface area (Å²) in [5.74, 6) is 0.927. The van der Waals surface area contributed by atoms with Crippen LogP contribution in [0.25, 0.3) is 17.1 Å². The number of rotatable bonds is 5. The first kappa shape index (κ1) is 13.6. The molecule has 1 heterocycles. The monoisotopic (exact) mass is 278 g/mol. The summed E-state index contributed by atoms with van der Waals surface area (Å²) < 4.78 is 2.16. The van der Waals surface area contributed by atoms with Gasteiger partial charge in [0, 0.05) is 13.0 Å². The fraction of sp³-hybridized carbons (Fsp3) is 0.167. The second-order valence-electron chi connectivity index (χ2n) is 4.91. The highest BCUT2D eigenvalue weighted by Gasteiger charge is 2.08. The van der Waals surface area contributed by atoms with Crippen LogP contribution in [0.2, 0.25) is 0 Å². The van der Waals surface area contributed by atoms with Crippen molar-refractivity contribution in [3.05, 3.63) is 72.1 Å². The SMILES string of the molecule is OCCc1nc2ccccc2n1CC=Cc1ccccc1. The van der Waals surface area contributed by atoms with Gasteiger partial charge in [-0.15, -0.1) is 0 Å². The molecule has 3 rings (SSSR count). The minimum atomic E-state index is 0.117. The van der Waals surface area contributed by atoms with E-state index < -0.39 is 0 Å². The van der Waals surface area contributed by atoms with E-state index >= 15 is 0 Å². The fourth-order valence-corrected chi connectivity index (χ4v) is 2.48. The van der Waals surface area contributed by atoms with Crippen LogP contribution in [-0.2, 0) is 13.0 Å². The van der Waals surface area contributed by atoms with Gasteiger partial charge in [0.2, 0.25) is 0 Å². The molecule has 2 aromatic carbocycles. The van der Waals surface area contributed by atoms with E-state index in [9.17, 15) is 5.11 Å². The molecule has 0 bridgehead atoms. The maximum atomic E-state index is 9.20. The van der Waals surface area contributed by atoms with Crippen molar-refractivity contribution < 1.29 is 5.11 Å². The van der Waals surface area contributed by atoms with Crippen LogP contribution in [0, 0.1) is 0 Å². The van der Waals surface area contributed by atoms with Crippen LogP contribution in [0.3, 0.4) is 0 Å². The zero-order chi connectivity index (χ0) is 14.5. The maximum absolute atomic E-state index is 9.20. The summed E-state index contributed by atoms with van der Waals surface area (Å²) in [6, 6.07) is 18.3. The molecule has 3 nitrogen and oxygen atoms in total. The molecule has 0 aliphatic rings. The first-order valence-corrected chi connectivity index (χ1v) is 7.15. The van der Waals surface area contributed by atoms with E-state index in [4.69, 9.17) is 0 Å². The molecular weight excluding hydrogens is 260 g/mol. The lowest BCUT2D eigenvalue weighted by Crippen LogP contribution is -2.04. The number of hydrogen-bond donors (Lipinski definition) is 1. The Hall–Kier alpha value is -2.39. The Labute approximate surface area is 124 Å². The summed E-state index contributed by atoms with van der Waals surface area (Å²) >= 11 is 0. The molecule has 0 saturated heterocycles. The highest BCUT2D eigenvalue weighted by atomic mass is 16.3. The predicted octanol–water partition coefficient (Wildman–Crippen LogP) is 3.28. The number of benzene rings is 2. The summed E-state index contributed by atoms with van der Waals surface area (Å²) in [5.41, 5.74) is 3.28. The van der Waals surface area contributed by atoms with Gasteiger partial charge in [-0.1, -0.05) is 54.6 Å². The van der Waals surface area contributed by atoms with E-state index in [1.54, 1.807) is 0 Å². The molecule has 0 unspecified atom stereocenters. The largest absolute Gasteiger partial charge is 0.396 e. The van der Waals surface area contributed by atoms with Crippen molar-refractivity contribution in [1.29, 1.82) is 0 Å². The van der Waals surface area contributed by atoms with E-state index in [1.807, 2.05) is 36.4 Å². The van der Waals surface area contributed by atoms with Crippen LogP contribution < -0.4 is 0 Å². The Kier molecular flexibility index (Phi) is 4.12. The summed E-state index contributed by atoms with van der Waals surface area (Å²) in [4.78, 5) is 4.60. The van der Waals surface area contributed by atoms with Gasteiger partial charge in [-0.05, 0) is 17.7 Å². The third-order valence-corrected chi connectivity index (χ3v) is 3.47. The average Bonchev–Trinajstić information content (AvgIpc) is 2.87. The quantitative estimate of drug-likeness (QED) is 0.777. The number of hydrogen-bond acceptors (Lipinski definition) is 2. The summed E-state index contributed by atoms with van der Waals surface area (Å²) in [7, 11) is 0. The molecule has 0 radical (unpaired) electrons. The van der Waals surface area contributed by atoms with Crippen LogP contribution in [0.15, 0.2) is 60.7 Å². The topological polar surface area (TPSA) is 38.1 Å². The lowest BCUT2D eigenvalue weighted by Gasteiger charge is -2.05. The van der Waals surface area contributed by atoms with Crippen LogP contribution >= 0.6 is 0 Å². The van der Waals surface area contributed by atoms with Crippen molar-refractivity contribution in [2.75, 3.05) is 6.61 Å². The molecule has 21 heavy (non-hydrogen) atoms. The van der Waals surface area contributed by atoms with Gasteiger partial charge < -0.3 is 9.67 Å². The Morgan fingerprint density at radius 3 is 2.57 bits per heavy atom. The van der Waals surface area contributed by atoms with E-state index in [2.05, 4.69) is 39.9 Å². The molecule has 0 atom stereocenters. The van der Waals surface area contributed by atoms with Gasteiger partial charge in [0.25, 0.3) is 0 Å². The summed E-state index contributed by atoms with van der Waals surface area (Å²) in [5, 5.41) is 9.20. The maximum Gasteiger partial charge on any atom is 0.112 e. The first-order valence-electron chi connectivity index (χ1n) is 7.15. The molecule has 1 N–H and O–H groups in total. The van der Waals surface area contributed by atoms with Crippen molar-refractivity contribution in [2.24, 2.45) is 0 Å². The number of aromatic nitrogens is 2. The number of aliphatic hydroxyl groups excluding tert-OH is 1. The second kappa shape index (κ2) is 6.37. The molecule has 3 aromatic rings. The van der Waals surface area contributed by atoms with Crippen LogP contribution in [0.1, 0.15) is 11.4 Å². The van der Waals surface area contributed by atoms with Crippen molar-refractivity contribution in [3.63, 3.8) is 0 Å². The minimum absolute atomic E-state index is 0.117. The van der Waals surface area contributed by atoms with E-state index in [0.717, 1.165) is 23.4 Å². The molecule has 1 aromatic heterocycles. The Balaban J connectivity index is 1.88. The fourth-order valence-electron chi connectivity index (χ4n) is 2.48. The molecule has 3 heteroatoms. The van der Waals surface area contributed by atoms with Gasteiger partial charge in [-0.25, -0.2) is 4.98 Å². The Morgan fingerprint density at radius 2 is 1.76 bits per heavy atom. The first-order chi connectivity index (χ1) is 10.4. The van der Waals surface area contributed by atoms with Gasteiger partial charge in [0.05, 0.1) is 17.6 Å². The third-order valence-electron chi connectivity index (χ3n) is 3.47. The smallest absolute Gasteiger partial charge is 0.112 e. The number of para-hydroxylation sites is 2. The van der Waals surface area contributed by atoms with E-state index in [-0.39, 0.29) is 6.61 Å². The van der Waals surface area contributed by atoms with Gasteiger partial charge >= 0.3 is 0 Å². The van der Waals surface area contributed by atoms with Crippen LogP contribution in [0.4, 0.5) is 0 Å². The molecular formula is C18H18N2O. The molecule has 0 amide bonds. The average molecular weight is 278 g/mol. The number of fused-ring (bicyclic) bond motifs is 1. The molecule has 0 saturated carbocycles. The van der Waals surface area contributed by atoms with Crippen LogP contribution in [-0.4, -0.2) is 21.3 Å². The Morgan fingerprint density at radius 1 is 1.00 bits per heavy atom. The lowest BCUT2D eigenvalue weighted by atomic mass is 10.2. The summed E-state index contributed by atoms with van der Waals surface area (Å²) in [6.07, 6.45) is 4.82. The molecule has 0 aliphatic heterocycles. The highest BCUT2D eigenvalue weighted by Crippen LogP contribution is 2.16. The van der Waals surface area contributed by atoms with E-state index in [1.165, 1.54) is 5.56 Å². The zero-order valence-corrected chi connectivity index (χ0v) is 11.8.